The second-order valence-corrected chi connectivity index (χ2v) is 6.72. The number of carbonyl (C=O) groups is 3. The maximum absolute atomic E-state index is 12.4. The molecular weight excluding hydrogens is 312 g/mol. The number of nitrogens with zero attached hydrogens (tertiary/aromatic N) is 1. The third-order valence-corrected chi connectivity index (χ3v) is 3.55. The van der Waals surface area contributed by atoms with Crippen LogP contribution < -0.4 is 5.73 Å². The van der Waals surface area contributed by atoms with E-state index in [1.54, 1.807) is 32.9 Å². The van der Waals surface area contributed by atoms with Crippen LogP contribution >= 0.6 is 0 Å². The summed E-state index contributed by atoms with van der Waals surface area (Å²) < 4.78 is 10.3. The number of carbonyl (C=O) groups excluding carboxylic acids is 3. The van der Waals surface area contributed by atoms with Gasteiger partial charge in [0.05, 0.1) is 0 Å². The Morgan fingerprint density at radius 1 is 1.25 bits per heavy atom. The van der Waals surface area contributed by atoms with Crippen LogP contribution in [0.2, 0.25) is 0 Å². The molecular formula is C17H22N2O5. The smallest absolute Gasteiger partial charge is 0.417 e. The molecule has 0 bridgehead atoms. The van der Waals surface area contributed by atoms with Crippen molar-refractivity contribution in [3.63, 3.8) is 0 Å². The Kier molecular flexibility index (Phi) is 4.94. The Bertz CT molecular complexity index is 638. The summed E-state index contributed by atoms with van der Waals surface area (Å²) in [5.74, 6) is -1.64. The van der Waals surface area contributed by atoms with Gasteiger partial charge in [-0.3, -0.25) is 4.79 Å². The van der Waals surface area contributed by atoms with E-state index >= 15 is 0 Å². The van der Waals surface area contributed by atoms with Crippen molar-refractivity contribution in [3.05, 3.63) is 35.9 Å². The van der Waals surface area contributed by atoms with Crippen LogP contribution in [0.3, 0.4) is 0 Å². The molecule has 0 aliphatic carbocycles. The van der Waals surface area contributed by atoms with Crippen LogP contribution in [0, 0.1) is 0 Å². The molecule has 7 nitrogen and oxygen atoms in total. The van der Waals surface area contributed by atoms with Crippen molar-refractivity contribution in [1.29, 1.82) is 0 Å². The maximum Gasteiger partial charge on any atom is 0.417 e. The largest absolute Gasteiger partial charge is 0.459 e. The van der Waals surface area contributed by atoms with E-state index in [2.05, 4.69) is 0 Å². The number of likely N-dealkylation sites (tertiary alicyclic amines) is 1. The van der Waals surface area contributed by atoms with Gasteiger partial charge >= 0.3 is 12.1 Å². The third-order valence-electron chi connectivity index (χ3n) is 3.55. The molecule has 130 valence electrons. The van der Waals surface area contributed by atoms with Gasteiger partial charge in [0.15, 0.2) is 5.54 Å². The molecule has 2 N–H and O–H groups in total. The molecule has 0 spiro atoms. The first-order valence-electron chi connectivity index (χ1n) is 7.68. The van der Waals surface area contributed by atoms with Gasteiger partial charge in [0.1, 0.15) is 12.2 Å². The lowest BCUT2D eigenvalue weighted by atomic mass is 10.00. The molecule has 1 atom stereocenters. The molecule has 1 heterocycles. The summed E-state index contributed by atoms with van der Waals surface area (Å²) in [5.41, 5.74) is 4.11. The highest BCUT2D eigenvalue weighted by Gasteiger charge is 2.53. The minimum absolute atomic E-state index is 0.00129. The normalized spacial score (nSPS) is 20.8. The van der Waals surface area contributed by atoms with E-state index in [1.807, 2.05) is 18.2 Å². The zero-order valence-electron chi connectivity index (χ0n) is 14.1. The Morgan fingerprint density at radius 2 is 1.88 bits per heavy atom. The average Bonchev–Trinajstić information content (AvgIpc) is 2.81. The van der Waals surface area contributed by atoms with E-state index < -0.39 is 29.1 Å². The predicted molar refractivity (Wildman–Crippen MR) is 85.7 cm³/mol. The van der Waals surface area contributed by atoms with Gasteiger partial charge < -0.3 is 15.2 Å². The zero-order valence-corrected chi connectivity index (χ0v) is 14.1. The third kappa shape index (κ3) is 3.91. The van der Waals surface area contributed by atoms with E-state index in [-0.39, 0.29) is 19.6 Å². The molecule has 1 aromatic carbocycles. The Labute approximate surface area is 140 Å². The van der Waals surface area contributed by atoms with Crippen molar-refractivity contribution < 1.29 is 23.9 Å². The van der Waals surface area contributed by atoms with Gasteiger partial charge in [-0.05, 0) is 26.3 Å². The number of benzene rings is 1. The number of nitrogens with two attached hydrogens (primary N) is 1. The molecule has 1 aromatic rings. The fourth-order valence-corrected chi connectivity index (χ4v) is 2.27. The molecule has 1 fully saturated rings. The van der Waals surface area contributed by atoms with Crippen molar-refractivity contribution in [2.75, 3.05) is 6.54 Å². The van der Waals surface area contributed by atoms with Crippen LogP contribution in [0.5, 0.6) is 0 Å². The first-order valence-corrected chi connectivity index (χ1v) is 7.68. The van der Waals surface area contributed by atoms with E-state index in [0.717, 1.165) is 10.5 Å². The van der Waals surface area contributed by atoms with E-state index in [1.165, 1.54) is 0 Å². The molecule has 0 saturated carbocycles. The Hall–Kier alpha value is -2.41. The van der Waals surface area contributed by atoms with Crippen LogP contribution in [-0.4, -0.2) is 40.6 Å². The zero-order chi connectivity index (χ0) is 18.0. The van der Waals surface area contributed by atoms with Crippen LogP contribution in [0.25, 0.3) is 0 Å². The molecule has 1 saturated heterocycles. The monoisotopic (exact) mass is 334 g/mol. The van der Waals surface area contributed by atoms with E-state index in [0.29, 0.717) is 0 Å². The number of esters is 1. The number of imide groups is 1. The lowest BCUT2D eigenvalue weighted by Gasteiger charge is -2.24. The minimum Gasteiger partial charge on any atom is -0.459 e. The maximum atomic E-state index is 12.4. The molecule has 2 rings (SSSR count). The fourth-order valence-electron chi connectivity index (χ4n) is 2.27. The highest BCUT2D eigenvalue weighted by Crippen LogP contribution is 2.24. The number of hydrogen-bond donors (Lipinski definition) is 1. The summed E-state index contributed by atoms with van der Waals surface area (Å²) in [5, 5.41) is 0. The van der Waals surface area contributed by atoms with Crippen molar-refractivity contribution in [2.45, 2.75) is 44.9 Å². The van der Waals surface area contributed by atoms with E-state index in [9.17, 15) is 14.4 Å². The lowest BCUT2D eigenvalue weighted by molar-refractivity contribution is -0.155. The highest BCUT2D eigenvalue weighted by atomic mass is 16.6. The SMILES string of the molecule is CC(C)(C)OC(=O)N1CCC(N)(C(=O)OCc2ccccc2)C1=O. The number of rotatable bonds is 3. The fraction of sp³-hybridized carbons (Fsp3) is 0.471. The van der Waals surface area contributed by atoms with Gasteiger partial charge in [-0.2, -0.15) is 0 Å². The highest BCUT2D eigenvalue weighted by molar-refractivity contribution is 6.13. The molecule has 24 heavy (non-hydrogen) atoms. The van der Waals surface area contributed by atoms with Crippen molar-refractivity contribution in [3.8, 4) is 0 Å². The van der Waals surface area contributed by atoms with Gasteiger partial charge in [-0.15, -0.1) is 0 Å². The summed E-state index contributed by atoms with van der Waals surface area (Å²) in [7, 11) is 0. The second-order valence-electron chi connectivity index (χ2n) is 6.72. The van der Waals surface area contributed by atoms with Crippen LogP contribution in [0.4, 0.5) is 4.79 Å². The molecule has 0 aromatic heterocycles. The van der Waals surface area contributed by atoms with Crippen molar-refractivity contribution in [2.24, 2.45) is 5.73 Å². The van der Waals surface area contributed by atoms with Gasteiger partial charge in [-0.25, -0.2) is 14.5 Å². The number of amides is 2. The van der Waals surface area contributed by atoms with Gasteiger partial charge in [0.2, 0.25) is 0 Å². The average molecular weight is 334 g/mol. The van der Waals surface area contributed by atoms with Crippen LogP contribution in [0.15, 0.2) is 30.3 Å². The Morgan fingerprint density at radius 3 is 2.46 bits per heavy atom. The number of hydrogen-bond acceptors (Lipinski definition) is 6. The van der Waals surface area contributed by atoms with Crippen LogP contribution in [-0.2, 0) is 25.7 Å². The van der Waals surface area contributed by atoms with Gasteiger partial charge in [0.25, 0.3) is 5.91 Å². The molecule has 1 unspecified atom stereocenters. The first-order chi connectivity index (χ1) is 11.1. The first kappa shape index (κ1) is 17.9. The quantitative estimate of drug-likeness (QED) is 0.666. The molecule has 1 aliphatic rings. The molecule has 1 aliphatic heterocycles. The second kappa shape index (κ2) is 6.60. The van der Waals surface area contributed by atoms with Gasteiger partial charge in [-0.1, -0.05) is 30.3 Å². The Balaban J connectivity index is 2.01. The standard InChI is InChI=1S/C17H22N2O5/c1-16(2,3)24-15(22)19-10-9-17(18,13(19)20)14(21)23-11-12-7-5-4-6-8-12/h4-8H,9-11,18H2,1-3H3. The predicted octanol–water partition coefficient (Wildman–Crippen LogP) is 1.59. The molecule has 0 radical (unpaired) electrons. The topological polar surface area (TPSA) is 98.9 Å². The summed E-state index contributed by atoms with van der Waals surface area (Å²) in [6, 6.07) is 9.05. The van der Waals surface area contributed by atoms with E-state index in [4.69, 9.17) is 15.2 Å². The molecule has 7 heteroatoms. The number of ether oxygens (including phenoxy) is 2. The molecule has 2 amide bonds. The van der Waals surface area contributed by atoms with Crippen LogP contribution in [0.1, 0.15) is 32.8 Å². The van der Waals surface area contributed by atoms with Gasteiger partial charge in [0, 0.05) is 13.0 Å². The lowest BCUT2D eigenvalue weighted by Crippen LogP contribution is -2.56. The van der Waals surface area contributed by atoms with Crippen molar-refractivity contribution in [1.82, 2.24) is 4.90 Å². The minimum atomic E-state index is -1.86. The van der Waals surface area contributed by atoms with Crippen molar-refractivity contribution >= 4 is 18.0 Å². The summed E-state index contributed by atoms with van der Waals surface area (Å²) in [4.78, 5) is 37.6. The summed E-state index contributed by atoms with van der Waals surface area (Å²) in [6.45, 7) is 5.10. The summed E-state index contributed by atoms with van der Waals surface area (Å²) >= 11 is 0. The summed E-state index contributed by atoms with van der Waals surface area (Å²) in [6.07, 6.45) is -0.811.